The van der Waals surface area contributed by atoms with E-state index in [0.29, 0.717) is 45.8 Å². The SMILES string of the molecule is COCCOC(=O)Nc1ccc(-c2cnc(Cn3c(C)cc(-c4cc(Cl)ccc4-n4cnnn4)cc3=O)[nH]2)nc1. The van der Waals surface area contributed by atoms with Gasteiger partial charge < -0.3 is 19.0 Å². The van der Waals surface area contributed by atoms with Gasteiger partial charge in [0.05, 0.1) is 48.3 Å². The number of aryl methyl sites for hydroxylation is 1. The van der Waals surface area contributed by atoms with E-state index in [9.17, 15) is 9.59 Å². The van der Waals surface area contributed by atoms with Gasteiger partial charge in [0, 0.05) is 29.5 Å². The van der Waals surface area contributed by atoms with Crippen LogP contribution in [0.5, 0.6) is 0 Å². The Morgan fingerprint density at radius 1 is 1.10 bits per heavy atom. The molecule has 40 heavy (non-hydrogen) atoms. The molecule has 2 N–H and O–H groups in total. The van der Waals surface area contributed by atoms with Crippen molar-refractivity contribution in [3.8, 4) is 28.2 Å². The third kappa shape index (κ3) is 6.06. The number of rotatable bonds is 9. The Morgan fingerprint density at radius 2 is 1.98 bits per heavy atom. The van der Waals surface area contributed by atoms with Crippen LogP contribution in [0.3, 0.4) is 0 Å². The van der Waals surface area contributed by atoms with Gasteiger partial charge in [-0.1, -0.05) is 11.6 Å². The molecule has 5 rings (SSSR count). The molecule has 204 valence electrons. The van der Waals surface area contributed by atoms with Crippen LogP contribution >= 0.6 is 11.6 Å². The minimum Gasteiger partial charge on any atom is -0.447 e. The number of carbonyl (C=O) groups excluding carboxylic acids is 1. The Morgan fingerprint density at radius 3 is 2.70 bits per heavy atom. The number of carbonyl (C=O) groups is 1. The number of amides is 1. The number of hydrogen-bond donors (Lipinski definition) is 2. The van der Waals surface area contributed by atoms with E-state index in [1.807, 2.05) is 13.0 Å². The number of nitrogens with zero attached hydrogens (tertiary/aromatic N) is 7. The molecule has 4 heterocycles. The van der Waals surface area contributed by atoms with Crippen LogP contribution in [0.15, 0.2) is 66.0 Å². The number of nitrogens with one attached hydrogen (secondary N) is 2. The van der Waals surface area contributed by atoms with Crippen LogP contribution in [0.2, 0.25) is 5.02 Å². The number of imidazole rings is 1. The predicted molar refractivity (Wildman–Crippen MR) is 146 cm³/mol. The molecule has 4 aromatic heterocycles. The number of aromatic nitrogens is 8. The third-order valence-corrected chi connectivity index (χ3v) is 6.18. The monoisotopic (exact) mass is 561 g/mol. The van der Waals surface area contributed by atoms with Gasteiger partial charge in [-0.3, -0.25) is 15.1 Å². The average Bonchev–Trinajstić information content (AvgIpc) is 3.64. The van der Waals surface area contributed by atoms with Crippen molar-refractivity contribution in [1.29, 1.82) is 0 Å². The molecule has 0 fully saturated rings. The first-order valence-electron chi connectivity index (χ1n) is 12.1. The molecule has 0 aliphatic heterocycles. The standard InChI is InChI=1S/C26H24ClN9O4/c1-16-9-17(20-11-18(27)3-6-23(20)36-15-30-33-34-36)10-25(37)35(16)14-24-29-13-22(32-24)21-5-4-19(12-28-21)31-26(38)40-8-7-39-2/h3-6,9-13,15H,7-8,14H2,1-2H3,(H,29,32)(H,31,38). The van der Waals surface area contributed by atoms with E-state index in [2.05, 4.69) is 35.8 Å². The minimum absolute atomic E-state index is 0.151. The van der Waals surface area contributed by atoms with Crippen molar-refractivity contribution in [3.05, 3.63) is 88.1 Å². The fourth-order valence-electron chi connectivity index (χ4n) is 4.02. The van der Waals surface area contributed by atoms with E-state index < -0.39 is 6.09 Å². The van der Waals surface area contributed by atoms with Crippen molar-refractivity contribution in [2.75, 3.05) is 25.6 Å². The largest absolute Gasteiger partial charge is 0.447 e. The summed E-state index contributed by atoms with van der Waals surface area (Å²) in [6.45, 7) is 2.54. The van der Waals surface area contributed by atoms with Gasteiger partial charge >= 0.3 is 6.09 Å². The summed E-state index contributed by atoms with van der Waals surface area (Å²) in [7, 11) is 1.53. The molecule has 0 unspecified atom stereocenters. The lowest BCUT2D eigenvalue weighted by molar-refractivity contribution is 0.107. The minimum atomic E-state index is -0.593. The summed E-state index contributed by atoms with van der Waals surface area (Å²) < 4.78 is 13.0. The summed E-state index contributed by atoms with van der Waals surface area (Å²) in [5.74, 6) is 0.579. The number of anilines is 1. The number of hydrogen-bond acceptors (Lipinski definition) is 9. The van der Waals surface area contributed by atoms with Gasteiger partial charge in [0.15, 0.2) is 0 Å². The molecular weight excluding hydrogens is 538 g/mol. The normalized spacial score (nSPS) is 11.0. The maximum absolute atomic E-state index is 13.2. The van der Waals surface area contributed by atoms with Gasteiger partial charge in [-0.25, -0.2) is 9.78 Å². The molecule has 0 aliphatic carbocycles. The van der Waals surface area contributed by atoms with Crippen molar-refractivity contribution < 1.29 is 14.3 Å². The molecule has 1 amide bonds. The smallest absolute Gasteiger partial charge is 0.411 e. The first kappa shape index (κ1) is 26.7. The zero-order valence-corrected chi connectivity index (χ0v) is 22.3. The van der Waals surface area contributed by atoms with Crippen molar-refractivity contribution >= 4 is 23.4 Å². The molecule has 0 saturated carbocycles. The van der Waals surface area contributed by atoms with E-state index in [1.165, 1.54) is 24.3 Å². The van der Waals surface area contributed by atoms with Gasteiger partial charge in [-0.05, 0) is 59.3 Å². The molecule has 0 aliphatic rings. The Labute approximate surface area is 232 Å². The summed E-state index contributed by atoms with van der Waals surface area (Å²) in [4.78, 5) is 37.0. The number of pyridine rings is 2. The van der Waals surface area contributed by atoms with Gasteiger partial charge in [-0.15, -0.1) is 5.10 Å². The average molecular weight is 562 g/mol. The van der Waals surface area contributed by atoms with Crippen LogP contribution < -0.4 is 10.9 Å². The Hall–Kier alpha value is -4.88. The first-order valence-corrected chi connectivity index (χ1v) is 12.5. The van der Waals surface area contributed by atoms with Crippen molar-refractivity contribution in [2.45, 2.75) is 13.5 Å². The molecule has 13 nitrogen and oxygen atoms in total. The molecule has 0 radical (unpaired) electrons. The Kier molecular flexibility index (Phi) is 7.94. The summed E-state index contributed by atoms with van der Waals surface area (Å²) in [5, 5.41) is 14.5. The van der Waals surface area contributed by atoms with Crippen LogP contribution in [0, 0.1) is 6.92 Å². The molecule has 0 bridgehead atoms. The predicted octanol–water partition coefficient (Wildman–Crippen LogP) is 3.48. The van der Waals surface area contributed by atoms with Crippen molar-refractivity contribution in [2.24, 2.45) is 0 Å². The molecule has 0 saturated heterocycles. The number of ether oxygens (including phenoxy) is 2. The first-order chi connectivity index (χ1) is 19.4. The van der Waals surface area contributed by atoms with Crippen molar-refractivity contribution in [3.63, 3.8) is 0 Å². The maximum atomic E-state index is 13.2. The zero-order chi connectivity index (χ0) is 28.1. The summed E-state index contributed by atoms with van der Waals surface area (Å²) in [6, 6.07) is 12.2. The van der Waals surface area contributed by atoms with Crippen LogP contribution in [0.1, 0.15) is 11.5 Å². The van der Waals surface area contributed by atoms with E-state index in [1.54, 1.807) is 47.2 Å². The van der Waals surface area contributed by atoms with Crippen molar-refractivity contribution in [1.82, 2.24) is 39.7 Å². The van der Waals surface area contributed by atoms with Gasteiger partial charge in [-0.2, -0.15) is 4.68 Å². The Bertz CT molecular complexity index is 1680. The fourth-order valence-corrected chi connectivity index (χ4v) is 4.19. The summed E-state index contributed by atoms with van der Waals surface area (Å²) in [6.07, 6.45) is 4.04. The highest BCUT2D eigenvalue weighted by Gasteiger charge is 2.14. The molecule has 0 spiro atoms. The Balaban J connectivity index is 1.32. The van der Waals surface area contributed by atoms with Crippen LogP contribution in [0.25, 0.3) is 28.2 Å². The molecular formula is C26H24ClN9O4. The topological polar surface area (TPSA) is 155 Å². The van der Waals surface area contributed by atoms with Crippen LogP contribution in [-0.2, 0) is 16.0 Å². The molecule has 0 atom stereocenters. The van der Waals surface area contributed by atoms with E-state index in [4.69, 9.17) is 21.1 Å². The number of benzene rings is 1. The quantitative estimate of drug-likeness (QED) is 0.257. The zero-order valence-electron chi connectivity index (χ0n) is 21.5. The number of methoxy groups -OCH3 is 1. The van der Waals surface area contributed by atoms with Crippen LogP contribution in [-0.4, -0.2) is 66.1 Å². The fraction of sp³-hybridized carbons (Fsp3) is 0.192. The lowest BCUT2D eigenvalue weighted by Crippen LogP contribution is -2.23. The molecule has 14 heteroatoms. The molecule has 1 aromatic carbocycles. The highest BCUT2D eigenvalue weighted by molar-refractivity contribution is 6.31. The second-order valence-electron chi connectivity index (χ2n) is 8.66. The van der Waals surface area contributed by atoms with E-state index in [-0.39, 0.29) is 18.7 Å². The highest BCUT2D eigenvalue weighted by Crippen LogP contribution is 2.29. The lowest BCUT2D eigenvalue weighted by atomic mass is 10.0. The van der Waals surface area contributed by atoms with E-state index in [0.717, 1.165) is 11.3 Å². The number of tetrazole rings is 1. The van der Waals surface area contributed by atoms with Crippen LogP contribution in [0.4, 0.5) is 10.5 Å². The van der Waals surface area contributed by atoms with E-state index >= 15 is 0 Å². The van der Waals surface area contributed by atoms with Gasteiger partial charge in [0.25, 0.3) is 5.56 Å². The summed E-state index contributed by atoms with van der Waals surface area (Å²) >= 11 is 6.26. The second-order valence-corrected chi connectivity index (χ2v) is 9.09. The highest BCUT2D eigenvalue weighted by atomic mass is 35.5. The van der Waals surface area contributed by atoms with Gasteiger partial charge in [0.1, 0.15) is 18.8 Å². The summed E-state index contributed by atoms with van der Waals surface area (Å²) in [5.41, 5.74) is 4.39. The lowest BCUT2D eigenvalue weighted by Gasteiger charge is -2.13. The number of aromatic amines is 1. The second kappa shape index (κ2) is 11.9. The molecule has 5 aromatic rings. The van der Waals surface area contributed by atoms with Gasteiger partial charge in [0.2, 0.25) is 0 Å². The third-order valence-electron chi connectivity index (χ3n) is 5.94. The number of H-pyrrole nitrogens is 1. The maximum Gasteiger partial charge on any atom is 0.411 e. The number of halogens is 1.